The maximum Gasteiger partial charge on any atom is 0.231 e. The number of hydrogen-bond acceptors (Lipinski definition) is 4. The molecule has 0 fully saturated rings. The highest BCUT2D eigenvalue weighted by Gasteiger charge is 2.14. The van der Waals surface area contributed by atoms with E-state index in [1.54, 1.807) is 0 Å². The molecule has 108 valence electrons. The molecule has 4 nitrogen and oxygen atoms in total. The summed E-state index contributed by atoms with van der Waals surface area (Å²) in [6, 6.07) is 11.3. The van der Waals surface area contributed by atoms with Gasteiger partial charge >= 0.3 is 0 Å². The minimum atomic E-state index is 0.262. The van der Waals surface area contributed by atoms with Crippen LogP contribution >= 0.6 is 28.1 Å². The van der Waals surface area contributed by atoms with Crippen molar-refractivity contribution in [1.82, 2.24) is 0 Å². The van der Waals surface area contributed by atoms with E-state index in [9.17, 15) is 0 Å². The number of nitrogens with two attached hydrogens (primary N) is 1. The number of ether oxygens (including phenoxy) is 3. The van der Waals surface area contributed by atoms with E-state index in [2.05, 4.69) is 15.9 Å². The Morgan fingerprint density at radius 1 is 1.19 bits per heavy atom. The molecule has 1 heterocycles. The molecule has 0 aromatic heterocycles. The lowest BCUT2D eigenvalue weighted by Gasteiger charge is -2.11. The summed E-state index contributed by atoms with van der Waals surface area (Å²) >= 11 is 8.44. The first-order valence-corrected chi connectivity index (χ1v) is 7.44. The van der Waals surface area contributed by atoms with Gasteiger partial charge in [0.1, 0.15) is 17.3 Å². The summed E-state index contributed by atoms with van der Waals surface area (Å²) in [5.74, 6) is 2.15. The highest BCUT2D eigenvalue weighted by molar-refractivity contribution is 9.10. The Bertz CT molecular complexity index is 705. The summed E-state index contributed by atoms with van der Waals surface area (Å²) in [5.41, 5.74) is 7.41. The second-order valence-electron chi connectivity index (χ2n) is 4.48. The van der Waals surface area contributed by atoms with E-state index in [-0.39, 0.29) is 6.79 Å². The minimum Gasteiger partial charge on any atom is -0.488 e. The average molecular weight is 366 g/mol. The van der Waals surface area contributed by atoms with Crippen LogP contribution in [0.1, 0.15) is 11.1 Å². The molecule has 0 saturated carbocycles. The van der Waals surface area contributed by atoms with E-state index in [1.807, 2.05) is 36.4 Å². The highest BCUT2D eigenvalue weighted by atomic mass is 79.9. The quantitative estimate of drug-likeness (QED) is 0.841. The lowest BCUT2D eigenvalue weighted by molar-refractivity contribution is 0.174. The predicted octanol–water partition coefficient (Wildman–Crippen LogP) is 3.39. The predicted molar refractivity (Wildman–Crippen MR) is 86.9 cm³/mol. The van der Waals surface area contributed by atoms with Gasteiger partial charge in [0, 0.05) is 4.47 Å². The molecule has 0 atom stereocenters. The van der Waals surface area contributed by atoms with Gasteiger partial charge in [0.2, 0.25) is 6.79 Å². The molecule has 1 aliphatic rings. The Morgan fingerprint density at radius 2 is 2.00 bits per heavy atom. The number of rotatable bonds is 4. The maximum atomic E-state index is 5.81. The molecule has 1 aliphatic heterocycles. The van der Waals surface area contributed by atoms with Crippen LogP contribution in [0.15, 0.2) is 40.9 Å². The molecule has 0 radical (unpaired) electrons. The summed E-state index contributed by atoms with van der Waals surface area (Å²) < 4.78 is 17.3. The Morgan fingerprint density at radius 3 is 2.81 bits per heavy atom. The zero-order chi connectivity index (χ0) is 14.8. The lowest BCUT2D eigenvalue weighted by Crippen LogP contribution is -2.11. The fourth-order valence-electron chi connectivity index (χ4n) is 2.01. The van der Waals surface area contributed by atoms with Crippen LogP contribution in [0.2, 0.25) is 0 Å². The smallest absolute Gasteiger partial charge is 0.231 e. The van der Waals surface area contributed by atoms with E-state index in [4.69, 9.17) is 32.2 Å². The Hall–Kier alpha value is -1.79. The van der Waals surface area contributed by atoms with Gasteiger partial charge in [-0.15, -0.1) is 0 Å². The summed E-state index contributed by atoms with van der Waals surface area (Å²) in [5, 5.41) is 0. The van der Waals surface area contributed by atoms with Crippen LogP contribution in [0, 0.1) is 0 Å². The highest BCUT2D eigenvalue weighted by Crippen LogP contribution is 2.33. The first kappa shape index (κ1) is 14.2. The largest absolute Gasteiger partial charge is 0.488 e. The van der Waals surface area contributed by atoms with Crippen LogP contribution < -0.4 is 19.9 Å². The SMILES string of the molecule is NC(=S)c1cc(Br)ccc1OCc1ccc2c(c1)OCO2. The van der Waals surface area contributed by atoms with Crippen LogP contribution in [0.3, 0.4) is 0 Å². The van der Waals surface area contributed by atoms with Crippen molar-refractivity contribution in [3.05, 3.63) is 52.0 Å². The third kappa shape index (κ3) is 3.11. The first-order chi connectivity index (χ1) is 10.1. The molecule has 3 rings (SSSR count). The van der Waals surface area contributed by atoms with E-state index >= 15 is 0 Å². The van der Waals surface area contributed by atoms with Crippen LogP contribution in [-0.2, 0) is 6.61 Å². The molecule has 0 bridgehead atoms. The molecular weight excluding hydrogens is 354 g/mol. The van der Waals surface area contributed by atoms with Gasteiger partial charge in [-0.1, -0.05) is 34.2 Å². The molecule has 2 N–H and O–H groups in total. The first-order valence-electron chi connectivity index (χ1n) is 6.24. The number of thiocarbonyl (C=S) groups is 1. The Balaban J connectivity index is 1.77. The normalized spacial score (nSPS) is 12.2. The minimum absolute atomic E-state index is 0.262. The van der Waals surface area contributed by atoms with E-state index < -0.39 is 0 Å². The van der Waals surface area contributed by atoms with Crippen molar-refractivity contribution in [2.45, 2.75) is 6.61 Å². The Kier molecular flexibility index (Phi) is 3.98. The zero-order valence-electron chi connectivity index (χ0n) is 11.0. The van der Waals surface area contributed by atoms with Gasteiger partial charge < -0.3 is 19.9 Å². The zero-order valence-corrected chi connectivity index (χ0v) is 13.4. The van der Waals surface area contributed by atoms with Crippen LogP contribution in [0.4, 0.5) is 0 Å². The molecule has 0 saturated heterocycles. The number of hydrogen-bond donors (Lipinski definition) is 1. The van der Waals surface area contributed by atoms with Gasteiger partial charge in [-0.3, -0.25) is 0 Å². The van der Waals surface area contributed by atoms with Crippen molar-refractivity contribution >= 4 is 33.1 Å². The van der Waals surface area contributed by atoms with Gasteiger partial charge in [-0.2, -0.15) is 0 Å². The summed E-state index contributed by atoms with van der Waals surface area (Å²) in [6.45, 7) is 0.659. The number of fused-ring (bicyclic) bond motifs is 1. The number of halogens is 1. The monoisotopic (exact) mass is 365 g/mol. The standard InChI is InChI=1S/C15H12BrNO3S/c16-10-2-4-12(11(6-10)15(17)21)18-7-9-1-3-13-14(5-9)20-8-19-13/h1-6H,7-8H2,(H2,17,21). The van der Waals surface area contributed by atoms with Crippen LogP contribution in [0.25, 0.3) is 0 Å². The molecule has 0 unspecified atom stereocenters. The topological polar surface area (TPSA) is 53.7 Å². The average Bonchev–Trinajstić information content (AvgIpc) is 2.93. The van der Waals surface area contributed by atoms with Crippen molar-refractivity contribution in [1.29, 1.82) is 0 Å². The van der Waals surface area contributed by atoms with Crippen molar-refractivity contribution < 1.29 is 14.2 Å². The van der Waals surface area contributed by atoms with Gasteiger partial charge in [-0.25, -0.2) is 0 Å². The van der Waals surface area contributed by atoms with Crippen molar-refractivity contribution in [3.63, 3.8) is 0 Å². The molecule has 6 heteroatoms. The summed E-state index contributed by atoms with van der Waals surface area (Å²) in [7, 11) is 0. The van der Waals surface area contributed by atoms with Crippen molar-refractivity contribution in [2.75, 3.05) is 6.79 Å². The molecule has 0 aliphatic carbocycles. The van der Waals surface area contributed by atoms with Crippen LogP contribution in [0.5, 0.6) is 17.2 Å². The Labute approximate surface area is 135 Å². The third-order valence-corrected chi connectivity index (χ3v) is 3.75. The van der Waals surface area contributed by atoms with Crippen molar-refractivity contribution in [2.24, 2.45) is 5.73 Å². The van der Waals surface area contributed by atoms with Gasteiger partial charge in [0.25, 0.3) is 0 Å². The number of benzene rings is 2. The molecule has 0 spiro atoms. The van der Waals surface area contributed by atoms with E-state index in [0.29, 0.717) is 22.9 Å². The lowest BCUT2D eigenvalue weighted by atomic mass is 10.2. The molecule has 21 heavy (non-hydrogen) atoms. The van der Waals surface area contributed by atoms with E-state index in [0.717, 1.165) is 21.5 Å². The molecular formula is C15H12BrNO3S. The third-order valence-electron chi connectivity index (χ3n) is 3.04. The van der Waals surface area contributed by atoms with Gasteiger partial charge in [0.05, 0.1) is 5.56 Å². The fourth-order valence-corrected chi connectivity index (χ4v) is 2.53. The van der Waals surface area contributed by atoms with Gasteiger partial charge in [0.15, 0.2) is 11.5 Å². The van der Waals surface area contributed by atoms with Gasteiger partial charge in [-0.05, 0) is 35.9 Å². The second-order valence-corrected chi connectivity index (χ2v) is 5.84. The van der Waals surface area contributed by atoms with Crippen LogP contribution in [-0.4, -0.2) is 11.8 Å². The molecule has 2 aromatic rings. The maximum absolute atomic E-state index is 5.81. The van der Waals surface area contributed by atoms with E-state index in [1.165, 1.54) is 0 Å². The second kappa shape index (κ2) is 5.91. The summed E-state index contributed by atoms with van der Waals surface area (Å²) in [4.78, 5) is 0.303. The van der Waals surface area contributed by atoms with Crippen molar-refractivity contribution in [3.8, 4) is 17.2 Å². The fraction of sp³-hybridized carbons (Fsp3) is 0.133. The molecule has 2 aromatic carbocycles. The summed E-state index contributed by atoms with van der Waals surface area (Å²) in [6.07, 6.45) is 0. The molecule has 0 amide bonds.